The van der Waals surface area contributed by atoms with Crippen LogP contribution >= 0.6 is 0 Å². The molecule has 1 atom stereocenters. The monoisotopic (exact) mass is 522 g/mol. The third kappa shape index (κ3) is 4.17. The van der Waals surface area contributed by atoms with Gasteiger partial charge in [0, 0.05) is 5.04 Å². The number of aryl methyl sites for hydroxylation is 3. The van der Waals surface area contributed by atoms with Gasteiger partial charge < -0.3 is 0 Å². The first-order valence-electron chi connectivity index (χ1n) is 13.8. The Morgan fingerprint density at radius 3 is 1.54 bits per heavy atom. The molecule has 0 bridgehead atoms. The zero-order valence-corrected chi connectivity index (χ0v) is 27.3. The van der Waals surface area contributed by atoms with Crippen molar-refractivity contribution in [1.29, 1.82) is 0 Å². The van der Waals surface area contributed by atoms with E-state index < -0.39 is 16.1 Å². The Kier molecular flexibility index (Phi) is 7.01. The van der Waals surface area contributed by atoms with Crippen molar-refractivity contribution in [2.45, 2.75) is 87.0 Å². The van der Waals surface area contributed by atoms with Crippen LogP contribution in [-0.4, -0.2) is 16.1 Å². The van der Waals surface area contributed by atoms with Crippen molar-refractivity contribution in [2.75, 3.05) is 0 Å². The molecule has 0 fully saturated rings. The van der Waals surface area contributed by atoms with Gasteiger partial charge in [0.2, 0.25) is 0 Å². The zero-order valence-electron chi connectivity index (χ0n) is 25.3. The molecule has 1 unspecified atom stereocenters. The van der Waals surface area contributed by atoms with Crippen molar-refractivity contribution in [3.63, 3.8) is 0 Å². The molecule has 0 heterocycles. The number of benzene rings is 3. The van der Waals surface area contributed by atoms with E-state index in [0.29, 0.717) is 0 Å². The largest absolute Gasteiger partial charge is 0.162 e. The van der Waals surface area contributed by atoms with E-state index in [4.69, 9.17) is 0 Å². The van der Waals surface area contributed by atoms with Crippen LogP contribution in [0.15, 0.2) is 77.4 Å². The van der Waals surface area contributed by atoms with E-state index in [2.05, 4.69) is 143 Å². The van der Waals surface area contributed by atoms with Gasteiger partial charge in [0.1, 0.15) is 0 Å². The predicted molar refractivity (Wildman–Crippen MR) is 171 cm³/mol. The molecular weight excluding hydrogens is 477 g/mol. The summed E-state index contributed by atoms with van der Waals surface area (Å²) >= 11 is 0. The second-order valence-corrected chi connectivity index (χ2v) is 22.1. The van der Waals surface area contributed by atoms with Gasteiger partial charge in [-0.25, -0.2) is 0 Å². The highest BCUT2D eigenvalue weighted by Crippen LogP contribution is 2.53. The average Bonchev–Trinajstić information content (AvgIpc) is 3.02. The van der Waals surface area contributed by atoms with Crippen LogP contribution in [0.1, 0.15) is 55.5 Å². The fraction of sp³-hybridized carbons (Fsp3) is 0.371. The van der Waals surface area contributed by atoms with E-state index in [-0.39, 0.29) is 5.04 Å². The molecule has 4 rings (SSSR count). The summed E-state index contributed by atoms with van der Waals surface area (Å²) in [6, 6.07) is 21.8. The van der Waals surface area contributed by atoms with Gasteiger partial charge in [-0.2, -0.15) is 0 Å². The molecule has 0 radical (unpaired) electrons. The van der Waals surface area contributed by atoms with Crippen molar-refractivity contribution in [3.05, 3.63) is 105 Å². The highest BCUT2D eigenvalue weighted by Gasteiger charge is 2.57. The first-order chi connectivity index (χ1) is 17.2. The molecule has 0 nitrogen and oxygen atoms in total. The fourth-order valence-corrected chi connectivity index (χ4v) is 15.0. The lowest BCUT2D eigenvalue weighted by Crippen LogP contribution is -2.74. The van der Waals surface area contributed by atoms with E-state index in [1.807, 2.05) is 0 Å². The SMILES string of the molecule is CC1=CC(C)([Si](c2cc(C)cc([Si](C)(C)C)c2)(c2cccc(C)c2C)c2cccc(C)c2C)C(C)=C1C. The Bertz CT molecular complexity index is 1390. The van der Waals surface area contributed by atoms with Crippen molar-refractivity contribution in [3.8, 4) is 0 Å². The summed E-state index contributed by atoms with van der Waals surface area (Å²) < 4.78 is 0. The molecule has 1 aliphatic carbocycles. The first-order valence-corrected chi connectivity index (χ1v) is 19.3. The maximum atomic E-state index is 2.64. The van der Waals surface area contributed by atoms with Gasteiger partial charge in [0.25, 0.3) is 0 Å². The number of rotatable bonds is 5. The number of allylic oxidation sites excluding steroid dienone is 4. The minimum atomic E-state index is -2.67. The van der Waals surface area contributed by atoms with Gasteiger partial charge in [0.15, 0.2) is 8.07 Å². The highest BCUT2D eigenvalue weighted by atomic mass is 28.3. The summed E-state index contributed by atoms with van der Waals surface area (Å²) in [4.78, 5) is 0. The molecule has 0 saturated carbocycles. The molecule has 3 aromatic rings. The molecule has 1 aliphatic rings. The third-order valence-corrected chi connectivity index (χ3v) is 17.6. The molecule has 0 aliphatic heterocycles. The maximum absolute atomic E-state index is 2.67. The molecule has 0 aromatic heterocycles. The van der Waals surface area contributed by atoms with E-state index in [9.17, 15) is 0 Å². The molecule has 0 amide bonds. The topological polar surface area (TPSA) is 0 Å². The Hall–Kier alpha value is -2.43. The molecule has 37 heavy (non-hydrogen) atoms. The predicted octanol–water partition coefficient (Wildman–Crippen LogP) is 7.30. The van der Waals surface area contributed by atoms with Gasteiger partial charge in [-0.15, -0.1) is 0 Å². The molecule has 194 valence electrons. The van der Waals surface area contributed by atoms with Crippen molar-refractivity contribution >= 4 is 36.9 Å². The van der Waals surface area contributed by atoms with Crippen molar-refractivity contribution in [2.24, 2.45) is 0 Å². The standard InChI is InChI=1S/C35H46Si2/c1-23-19-31(36(10,11)12)21-32(20-23)37(33-17-13-15-24(2)28(33)6,34-18-14-16-25(3)29(34)7)35(9)22-26(4)27(5)30(35)8/h13-22H,1-12H3. The van der Waals surface area contributed by atoms with Gasteiger partial charge in [-0.3, -0.25) is 0 Å². The second-order valence-electron chi connectivity index (χ2n) is 12.9. The summed E-state index contributed by atoms with van der Waals surface area (Å²) in [5, 5.41) is 6.18. The molecule has 0 saturated heterocycles. The van der Waals surface area contributed by atoms with Crippen molar-refractivity contribution < 1.29 is 0 Å². The lowest BCUT2D eigenvalue weighted by molar-refractivity contribution is 0.869. The summed E-state index contributed by atoms with van der Waals surface area (Å²) in [5.74, 6) is 0. The molecule has 0 spiro atoms. The quantitative estimate of drug-likeness (QED) is 0.244. The van der Waals surface area contributed by atoms with Crippen LogP contribution in [-0.2, 0) is 0 Å². The average molecular weight is 523 g/mol. The zero-order chi connectivity index (χ0) is 27.5. The van der Waals surface area contributed by atoms with Crippen molar-refractivity contribution in [1.82, 2.24) is 0 Å². The summed E-state index contributed by atoms with van der Waals surface area (Å²) in [7, 11) is -4.21. The van der Waals surface area contributed by atoms with E-state index >= 15 is 0 Å². The number of hydrogen-bond donors (Lipinski definition) is 0. The maximum Gasteiger partial charge on any atom is 0.162 e. The second kappa shape index (κ2) is 9.40. The fourth-order valence-electron chi connectivity index (χ4n) is 6.79. The smallest absolute Gasteiger partial charge is 0.0730 e. The Morgan fingerprint density at radius 1 is 0.622 bits per heavy atom. The lowest BCUT2D eigenvalue weighted by atomic mass is 10.0. The molecular formula is C35H46Si2. The van der Waals surface area contributed by atoms with Gasteiger partial charge >= 0.3 is 0 Å². The van der Waals surface area contributed by atoms with Crippen LogP contribution in [0.2, 0.25) is 24.7 Å². The molecule has 3 aromatic carbocycles. The van der Waals surface area contributed by atoms with E-state index in [1.165, 1.54) is 44.5 Å². The van der Waals surface area contributed by atoms with E-state index in [0.717, 1.165) is 0 Å². The van der Waals surface area contributed by atoms with Crippen LogP contribution in [0.4, 0.5) is 0 Å². The van der Waals surface area contributed by atoms with Gasteiger partial charge in [0.05, 0.1) is 8.07 Å². The lowest BCUT2D eigenvalue weighted by Gasteiger charge is -2.49. The Balaban J connectivity index is 2.36. The first kappa shape index (κ1) is 27.6. The van der Waals surface area contributed by atoms with Crippen LogP contribution < -0.4 is 20.7 Å². The van der Waals surface area contributed by atoms with Crippen LogP contribution in [0.25, 0.3) is 0 Å². The molecule has 2 heteroatoms. The molecule has 0 N–H and O–H groups in total. The Labute approximate surface area is 228 Å². The van der Waals surface area contributed by atoms with E-state index in [1.54, 1.807) is 20.7 Å². The van der Waals surface area contributed by atoms with Gasteiger partial charge in [-0.1, -0.05) is 109 Å². The van der Waals surface area contributed by atoms with Crippen LogP contribution in [0.5, 0.6) is 0 Å². The summed E-state index contributed by atoms with van der Waals surface area (Å²) in [6.07, 6.45) is 2.64. The summed E-state index contributed by atoms with van der Waals surface area (Å²) in [5.41, 5.74) is 11.5. The van der Waals surface area contributed by atoms with Gasteiger partial charge in [-0.05, 0) is 98.8 Å². The summed E-state index contributed by atoms with van der Waals surface area (Å²) in [6.45, 7) is 28.7. The minimum Gasteiger partial charge on any atom is -0.0730 e. The third-order valence-electron chi connectivity index (χ3n) is 9.61. The normalized spacial score (nSPS) is 18.4. The number of hydrogen-bond acceptors (Lipinski definition) is 0. The highest BCUT2D eigenvalue weighted by molar-refractivity contribution is 7.14. The minimum absolute atomic E-state index is 0.0806. The Morgan fingerprint density at radius 2 is 1.11 bits per heavy atom. The van der Waals surface area contributed by atoms with Crippen LogP contribution in [0, 0.1) is 34.6 Å². The van der Waals surface area contributed by atoms with Crippen LogP contribution in [0.3, 0.4) is 0 Å².